The summed E-state index contributed by atoms with van der Waals surface area (Å²) in [6.07, 6.45) is 3.69. The number of allylic oxidation sites excluding steroid dienone is 6. The van der Waals surface area contributed by atoms with E-state index in [4.69, 9.17) is 0 Å². The molecule has 0 saturated carbocycles. The smallest absolute Gasteiger partial charge is 0.0581 e. The Morgan fingerprint density at radius 1 is 0.267 bits per heavy atom. The summed E-state index contributed by atoms with van der Waals surface area (Å²) in [4.78, 5) is 0. The Kier molecular flexibility index (Phi) is 14.5. The maximum Gasteiger partial charge on any atom is 0.0581 e. The molecule has 0 amide bonds. The third-order valence-corrected chi connectivity index (χ3v) is 9.31. The van der Waals surface area contributed by atoms with Crippen LogP contribution < -0.4 is 0 Å². The minimum atomic E-state index is 0.592. The van der Waals surface area contributed by atoms with E-state index in [-0.39, 0.29) is 0 Å². The molecular weight excluding hydrogens is 721 g/mol. The lowest BCUT2D eigenvalue weighted by Gasteiger charge is -2.07. The second-order valence-electron chi connectivity index (χ2n) is 14.6. The highest BCUT2D eigenvalue weighted by atomic mass is 14.1. The molecule has 0 heterocycles. The average Bonchev–Trinajstić information content (AvgIpc) is 3.25. The first-order valence-corrected chi connectivity index (χ1v) is 19.8. The lowest BCUT2D eigenvalue weighted by Crippen LogP contribution is -1.97. The Balaban J connectivity index is 1.70. The molecule has 0 spiro atoms. The fourth-order valence-corrected chi connectivity index (χ4v) is 5.62. The molecule has 0 aromatic heterocycles. The number of rotatable bonds is 2. The van der Waals surface area contributed by atoms with Crippen molar-refractivity contribution in [2.75, 3.05) is 0 Å². The Labute approximate surface area is 357 Å². The molecule has 0 bridgehead atoms. The van der Waals surface area contributed by atoms with Crippen LogP contribution in [-0.4, -0.2) is 0 Å². The van der Waals surface area contributed by atoms with Crippen LogP contribution in [0, 0.1) is 113 Å². The first kappa shape index (κ1) is 41.5. The van der Waals surface area contributed by atoms with Crippen LogP contribution in [0.5, 0.6) is 0 Å². The maximum atomic E-state index is 3.53. The molecule has 0 atom stereocenters. The van der Waals surface area contributed by atoms with Gasteiger partial charge in [-0.15, -0.1) is 0 Å². The highest BCUT2D eigenvalue weighted by Crippen LogP contribution is 2.22. The fourth-order valence-electron chi connectivity index (χ4n) is 5.62. The average molecular weight is 765 g/mol. The minimum absolute atomic E-state index is 0.592. The Hall–Kier alpha value is -8.10. The number of benzene rings is 6. The molecule has 0 aliphatic rings. The predicted molar refractivity (Wildman–Crippen MR) is 252 cm³/mol. The molecule has 0 nitrogen and oxygen atoms in total. The number of hydrogen-bond donors (Lipinski definition) is 0. The van der Waals surface area contributed by atoms with Crippen molar-refractivity contribution in [1.29, 1.82) is 0 Å². The molecule has 0 unspecified atom stereocenters. The molecule has 6 aromatic carbocycles. The van der Waals surface area contributed by atoms with Gasteiger partial charge in [0.25, 0.3) is 0 Å². The van der Waals surface area contributed by atoms with Gasteiger partial charge in [0, 0.05) is 45.5 Å². The maximum absolute atomic E-state index is 3.53. The van der Waals surface area contributed by atoms with Crippen molar-refractivity contribution in [3.05, 3.63) is 247 Å². The second kappa shape index (κ2) is 20.9. The van der Waals surface area contributed by atoms with Gasteiger partial charge < -0.3 is 0 Å². The molecule has 0 fully saturated rings. The van der Waals surface area contributed by atoms with Crippen molar-refractivity contribution in [3.63, 3.8) is 0 Å². The van der Waals surface area contributed by atoms with Gasteiger partial charge in [-0.1, -0.05) is 177 Å². The topological polar surface area (TPSA) is 0 Å². The van der Waals surface area contributed by atoms with E-state index in [9.17, 15) is 0 Å². The summed E-state index contributed by atoms with van der Waals surface area (Å²) in [5.41, 5.74) is 14.6. The summed E-state index contributed by atoms with van der Waals surface area (Å²) in [5, 5.41) is 0. The van der Waals surface area contributed by atoms with Crippen LogP contribution in [0.25, 0.3) is 0 Å². The minimum Gasteiger partial charge on any atom is -0.0683 e. The van der Waals surface area contributed by atoms with E-state index in [0.717, 1.165) is 55.6 Å². The van der Waals surface area contributed by atoms with Gasteiger partial charge in [0.2, 0.25) is 0 Å². The third kappa shape index (κ3) is 13.0. The van der Waals surface area contributed by atoms with Crippen LogP contribution >= 0.6 is 0 Å². The Bertz CT molecular complexity index is 2750. The van der Waals surface area contributed by atoms with Gasteiger partial charge in [0.1, 0.15) is 0 Å². The van der Waals surface area contributed by atoms with E-state index in [0.29, 0.717) is 22.3 Å². The zero-order valence-electron chi connectivity index (χ0n) is 35.0. The van der Waals surface area contributed by atoms with Gasteiger partial charge in [0.15, 0.2) is 0 Å². The highest BCUT2D eigenvalue weighted by molar-refractivity contribution is 5.72. The predicted octanol–water partition coefficient (Wildman–Crippen LogP) is 12.3. The van der Waals surface area contributed by atoms with E-state index in [1.807, 2.05) is 84.9 Å². The lowest BCUT2D eigenvalue weighted by atomic mass is 9.93. The van der Waals surface area contributed by atoms with Gasteiger partial charge in [0.05, 0.1) is 22.3 Å². The molecule has 0 aliphatic carbocycles. The summed E-state index contributed by atoms with van der Waals surface area (Å²) in [6, 6.07) is 49.0. The SMILES string of the molecule is Cc1ccc(C#C/C=C(C#Cc2ccc(C)cc2)/C(C#Cc2ccc(C)cc2)=C(C#Cc2ccc(C)cc2)\C(C#Cc2ccc(C)cc2)=C\C#Cc2ccc(C)cc2)cc1. The van der Waals surface area contributed by atoms with Crippen molar-refractivity contribution in [3.8, 4) is 71.0 Å². The second-order valence-corrected chi connectivity index (χ2v) is 14.6. The van der Waals surface area contributed by atoms with Crippen molar-refractivity contribution >= 4 is 0 Å². The molecular formula is C60H44. The molecule has 0 radical (unpaired) electrons. The summed E-state index contributed by atoms with van der Waals surface area (Å²) in [6.45, 7) is 12.4. The molecule has 0 heteroatoms. The molecule has 0 N–H and O–H groups in total. The van der Waals surface area contributed by atoms with Gasteiger partial charge in [-0.25, -0.2) is 0 Å². The van der Waals surface area contributed by atoms with Crippen molar-refractivity contribution in [1.82, 2.24) is 0 Å². The summed E-state index contributed by atoms with van der Waals surface area (Å²) in [5.74, 6) is 40.9. The van der Waals surface area contributed by atoms with Gasteiger partial charge in [-0.2, -0.15) is 0 Å². The monoisotopic (exact) mass is 764 g/mol. The number of hydrogen-bond acceptors (Lipinski definition) is 0. The van der Waals surface area contributed by atoms with Gasteiger partial charge >= 0.3 is 0 Å². The molecule has 6 aromatic rings. The van der Waals surface area contributed by atoms with Crippen LogP contribution in [0.15, 0.2) is 180 Å². The molecule has 60 heavy (non-hydrogen) atoms. The van der Waals surface area contributed by atoms with Crippen LogP contribution in [-0.2, 0) is 0 Å². The van der Waals surface area contributed by atoms with Gasteiger partial charge in [-0.05, 0) is 114 Å². The standard InChI is InChI=1S/C60H44/c1-45-13-25-51(26-14-45)9-7-11-57(41-37-53-29-17-47(3)18-30-53)59(43-39-55-33-21-49(5)22-34-55)60(44-40-56-35-23-50(6)24-36-56)58(42-38-54-31-19-48(4)20-32-54)12-8-10-52-27-15-46(2)16-28-52/h11-36H,1-6H3/b57-11+,58-12+,60-59-. The van der Waals surface area contributed by atoms with Crippen LogP contribution in [0.2, 0.25) is 0 Å². The van der Waals surface area contributed by atoms with Crippen molar-refractivity contribution in [2.24, 2.45) is 0 Å². The summed E-state index contributed by atoms with van der Waals surface area (Å²) >= 11 is 0. The molecule has 6 rings (SSSR count). The lowest BCUT2D eigenvalue weighted by molar-refractivity contribution is 1.45. The van der Waals surface area contributed by atoms with E-state index < -0.39 is 0 Å². The van der Waals surface area contributed by atoms with E-state index in [1.54, 1.807) is 0 Å². The van der Waals surface area contributed by atoms with Crippen molar-refractivity contribution in [2.45, 2.75) is 41.5 Å². The van der Waals surface area contributed by atoms with Gasteiger partial charge in [-0.3, -0.25) is 0 Å². The summed E-state index contributed by atoms with van der Waals surface area (Å²) < 4.78 is 0. The van der Waals surface area contributed by atoms with Crippen LogP contribution in [0.1, 0.15) is 66.8 Å². The quantitative estimate of drug-likeness (QED) is 0.122. The van der Waals surface area contributed by atoms with Crippen molar-refractivity contribution < 1.29 is 0 Å². The normalized spacial score (nSPS) is 10.8. The first-order chi connectivity index (χ1) is 29.2. The zero-order valence-corrected chi connectivity index (χ0v) is 35.0. The molecule has 284 valence electrons. The van der Waals surface area contributed by atoms with Crippen LogP contribution in [0.4, 0.5) is 0 Å². The molecule has 0 saturated heterocycles. The Morgan fingerprint density at radius 2 is 0.467 bits per heavy atom. The summed E-state index contributed by atoms with van der Waals surface area (Å²) in [7, 11) is 0. The van der Waals surface area contributed by atoms with E-state index >= 15 is 0 Å². The Morgan fingerprint density at radius 3 is 0.700 bits per heavy atom. The van der Waals surface area contributed by atoms with E-state index in [2.05, 4.69) is 185 Å². The third-order valence-electron chi connectivity index (χ3n) is 9.31. The zero-order chi connectivity index (χ0) is 42.1. The van der Waals surface area contributed by atoms with E-state index in [1.165, 1.54) is 11.1 Å². The molecule has 0 aliphatic heterocycles. The highest BCUT2D eigenvalue weighted by Gasteiger charge is 2.12. The fraction of sp³-hybridized carbons (Fsp3) is 0.100. The largest absolute Gasteiger partial charge is 0.0683 e. The first-order valence-electron chi connectivity index (χ1n) is 19.8. The number of aryl methyl sites for hydroxylation is 6. The van der Waals surface area contributed by atoms with Crippen LogP contribution in [0.3, 0.4) is 0 Å².